The number of hydrogen-bond acceptors (Lipinski definition) is 2. The Bertz CT molecular complexity index is 488. The molecule has 2 rings (SSSR count). The Kier molecular flexibility index (Phi) is 3.65. The number of nitrogens with one attached hydrogen (secondary N) is 1. The molecule has 0 radical (unpaired) electrons. The molecule has 1 aliphatic rings. The summed E-state index contributed by atoms with van der Waals surface area (Å²) in [4.78, 5) is 11.9. The zero-order valence-electron chi connectivity index (χ0n) is 12.0. The molecule has 1 aromatic carbocycles. The predicted octanol–water partition coefficient (Wildman–Crippen LogP) is 3.42. The van der Waals surface area contributed by atoms with E-state index in [-0.39, 0.29) is 5.91 Å². The lowest BCUT2D eigenvalue weighted by Gasteiger charge is -2.21. The molecule has 1 aromatic rings. The van der Waals surface area contributed by atoms with Gasteiger partial charge >= 0.3 is 0 Å². The average molecular weight is 258 g/mol. The van der Waals surface area contributed by atoms with Gasteiger partial charge in [0.15, 0.2) is 0 Å². The molecule has 0 unspecified atom stereocenters. The van der Waals surface area contributed by atoms with E-state index in [0.717, 1.165) is 17.8 Å². The number of nitrogens with zero attached hydrogens (tertiary/aromatic N) is 1. The summed E-state index contributed by atoms with van der Waals surface area (Å²) in [5.74, 6) is -0.00689. The van der Waals surface area contributed by atoms with Crippen LogP contribution >= 0.6 is 0 Å². The van der Waals surface area contributed by atoms with Gasteiger partial charge in [-0.1, -0.05) is 32.1 Å². The van der Waals surface area contributed by atoms with E-state index in [9.17, 15) is 4.79 Å². The van der Waals surface area contributed by atoms with Gasteiger partial charge < -0.3 is 0 Å². The number of hydrogen-bond donors (Lipinski definition) is 1. The van der Waals surface area contributed by atoms with Crippen molar-refractivity contribution in [2.75, 3.05) is 5.01 Å². The zero-order chi connectivity index (χ0) is 14.0. The van der Waals surface area contributed by atoms with Gasteiger partial charge in [0.05, 0.1) is 11.1 Å². The van der Waals surface area contributed by atoms with Gasteiger partial charge in [0, 0.05) is 5.70 Å². The molecule has 19 heavy (non-hydrogen) atoms. The molecule has 1 aliphatic heterocycles. The highest BCUT2D eigenvalue weighted by molar-refractivity contribution is 5.92. The number of carbonyl (C=O) groups excluding carboxylic acids is 1. The molecule has 1 saturated heterocycles. The number of anilines is 1. The highest BCUT2D eigenvalue weighted by Gasteiger charge is 2.42. The first-order valence-corrected chi connectivity index (χ1v) is 6.86. The summed E-state index contributed by atoms with van der Waals surface area (Å²) in [6.45, 7) is 10.0. The van der Waals surface area contributed by atoms with Crippen molar-refractivity contribution in [2.24, 2.45) is 5.41 Å². The molecule has 0 spiro atoms. The first-order chi connectivity index (χ1) is 8.96. The van der Waals surface area contributed by atoms with Gasteiger partial charge in [-0.15, -0.1) is 0 Å². The van der Waals surface area contributed by atoms with Gasteiger partial charge in [-0.05, 0) is 44.4 Å². The molecular formula is C16H22N2O. The van der Waals surface area contributed by atoms with E-state index in [0.29, 0.717) is 0 Å². The Morgan fingerprint density at radius 1 is 1.26 bits per heavy atom. The lowest BCUT2D eigenvalue weighted by atomic mass is 9.90. The number of aryl methyl sites for hydroxylation is 1. The molecule has 102 valence electrons. The van der Waals surface area contributed by atoms with Crippen molar-refractivity contribution >= 4 is 11.6 Å². The molecule has 1 amide bonds. The Labute approximate surface area is 115 Å². The fraction of sp³-hybridized carbons (Fsp3) is 0.438. The molecule has 1 N–H and O–H groups in total. The number of carbonyl (C=O) groups is 1. The molecule has 1 heterocycles. The molecule has 0 atom stereocenters. The Hall–Kier alpha value is -1.77. The fourth-order valence-corrected chi connectivity index (χ4v) is 2.13. The van der Waals surface area contributed by atoms with E-state index in [2.05, 4.69) is 31.1 Å². The average Bonchev–Trinajstić information content (AvgIpc) is 2.61. The zero-order valence-corrected chi connectivity index (χ0v) is 12.0. The summed E-state index contributed by atoms with van der Waals surface area (Å²) in [7, 11) is 0. The summed E-state index contributed by atoms with van der Waals surface area (Å²) in [6.07, 6.45) is 3.52. The molecule has 3 heteroatoms. The van der Waals surface area contributed by atoms with Crippen molar-refractivity contribution in [2.45, 2.75) is 40.0 Å². The summed E-state index contributed by atoms with van der Waals surface area (Å²) >= 11 is 0. The maximum Gasteiger partial charge on any atom is 0.250 e. The van der Waals surface area contributed by atoms with Crippen LogP contribution < -0.4 is 10.4 Å². The smallest absolute Gasteiger partial charge is 0.250 e. The monoisotopic (exact) mass is 258 g/mol. The van der Waals surface area contributed by atoms with Gasteiger partial charge in [0.1, 0.15) is 0 Å². The van der Waals surface area contributed by atoms with Crippen LogP contribution in [-0.4, -0.2) is 5.91 Å². The summed E-state index contributed by atoms with van der Waals surface area (Å²) in [6, 6.07) is 8.32. The van der Waals surface area contributed by atoms with Crippen LogP contribution in [0.25, 0.3) is 0 Å². The second-order valence-corrected chi connectivity index (χ2v) is 5.62. The minimum atomic E-state index is -0.541. The third-order valence-electron chi connectivity index (χ3n) is 3.79. The Balaban J connectivity index is 2.15. The van der Waals surface area contributed by atoms with Crippen molar-refractivity contribution in [1.82, 2.24) is 5.43 Å². The minimum absolute atomic E-state index is 0.00689. The highest BCUT2D eigenvalue weighted by atomic mass is 16.2. The maximum absolute atomic E-state index is 11.9. The number of rotatable bonds is 4. The molecule has 0 saturated carbocycles. The minimum Gasteiger partial charge on any atom is -0.272 e. The molecule has 0 aromatic heterocycles. The Morgan fingerprint density at radius 3 is 2.37 bits per heavy atom. The maximum atomic E-state index is 11.9. The largest absolute Gasteiger partial charge is 0.272 e. The lowest BCUT2D eigenvalue weighted by molar-refractivity contribution is -0.125. The van der Waals surface area contributed by atoms with Gasteiger partial charge in [0.2, 0.25) is 5.91 Å². The third-order valence-corrected chi connectivity index (χ3v) is 3.79. The number of unbranched alkanes of at least 4 members (excludes halogenated alkanes) is 1. The van der Waals surface area contributed by atoms with Gasteiger partial charge in [-0.2, -0.15) is 0 Å². The molecule has 3 nitrogen and oxygen atoms in total. The van der Waals surface area contributed by atoms with E-state index in [4.69, 9.17) is 0 Å². The quantitative estimate of drug-likeness (QED) is 0.897. The van der Waals surface area contributed by atoms with E-state index >= 15 is 0 Å². The van der Waals surface area contributed by atoms with E-state index in [1.807, 2.05) is 26.0 Å². The van der Waals surface area contributed by atoms with Crippen molar-refractivity contribution in [3.63, 3.8) is 0 Å². The van der Waals surface area contributed by atoms with Gasteiger partial charge in [0.25, 0.3) is 0 Å². The van der Waals surface area contributed by atoms with Crippen LogP contribution in [-0.2, 0) is 11.2 Å². The van der Waals surface area contributed by atoms with Crippen LogP contribution in [0.15, 0.2) is 36.5 Å². The van der Waals surface area contributed by atoms with E-state index in [1.54, 1.807) is 5.01 Å². The summed E-state index contributed by atoms with van der Waals surface area (Å²) in [5, 5.41) is 1.78. The van der Waals surface area contributed by atoms with Crippen molar-refractivity contribution in [3.8, 4) is 0 Å². The van der Waals surface area contributed by atoms with Crippen LogP contribution in [0.3, 0.4) is 0 Å². The van der Waals surface area contributed by atoms with Crippen LogP contribution in [0, 0.1) is 5.41 Å². The highest BCUT2D eigenvalue weighted by Crippen LogP contribution is 2.35. The van der Waals surface area contributed by atoms with Crippen LogP contribution in [0.2, 0.25) is 0 Å². The first-order valence-electron chi connectivity index (χ1n) is 6.86. The van der Waals surface area contributed by atoms with Crippen molar-refractivity contribution in [3.05, 3.63) is 42.1 Å². The normalized spacial score (nSPS) is 17.7. The molecule has 0 aliphatic carbocycles. The third kappa shape index (κ3) is 2.50. The Morgan fingerprint density at radius 2 is 1.89 bits per heavy atom. The number of amides is 1. The number of benzene rings is 1. The SMILES string of the molecule is C=C1N(c2ccc(CCCC)cc2)NC(=O)C1(C)C. The summed E-state index contributed by atoms with van der Waals surface area (Å²) in [5.41, 5.74) is 5.41. The molecular weight excluding hydrogens is 236 g/mol. The van der Waals surface area contributed by atoms with Crippen LogP contribution in [0.5, 0.6) is 0 Å². The van der Waals surface area contributed by atoms with Crippen molar-refractivity contribution < 1.29 is 4.79 Å². The predicted molar refractivity (Wildman–Crippen MR) is 78.6 cm³/mol. The van der Waals surface area contributed by atoms with Crippen molar-refractivity contribution in [1.29, 1.82) is 0 Å². The lowest BCUT2D eigenvalue weighted by Crippen LogP contribution is -2.32. The van der Waals surface area contributed by atoms with E-state index in [1.165, 1.54) is 18.4 Å². The van der Waals surface area contributed by atoms with Crippen LogP contribution in [0.4, 0.5) is 5.69 Å². The number of hydrazine groups is 1. The second kappa shape index (κ2) is 5.08. The summed E-state index contributed by atoms with van der Waals surface area (Å²) < 4.78 is 0. The fourth-order valence-electron chi connectivity index (χ4n) is 2.13. The standard InChI is InChI=1S/C16H22N2O/c1-5-6-7-13-8-10-14(11-9-13)18-12(2)16(3,4)15(19)17-18/h8-11H,2,5-7H2,1,3-4H3,(H,17,19). The topological polar surface area (TPSA) is 32.3 Å². The molecule has 1 fully saturated rings. The first kappa shape index (κ1) is 13.7. The van der Waals surface area contributed by atoms with Gasteiger partial charge in [-0.3, -0.25) is 15.2 Å². The van der Waals surface area contributed by atoms with E-state index < -0.39 is 5.41 Å². The molecule has 0 bridgehead atoms. The second-order valence-electron chi connectivity index (χ2n) is 5.62. The van der Waals surface area contributed by atoms with Crippen LogP contribution in [0.1, 0.15) is 39.2 Å². The van der Waals surface area contributed by atoms with Gasteiger partial charge in [-0.25, -0.2) is 0 Å².